The summed E-state index contributed by atoms with van der Waals surface area (Å²) in [5, 5.41) is 1.13. The van der Waals surface area contributed by atoms with Gasteiger partial charge in [0.15, 0.2) is 0 Å². The molecular formula is C62H66BN3O. The summed E-state index contributed by atoms with van der Waals surface area (Å²) in [5.41, 5.74) is 22.0. The van der Waals surface area contributed by atoms with E-state index in [0.717, 1.165) is 62.1 Å². The molecule has 0 bridgehead atoms. The summed E-state index contributed by atoms with van der Waals surface area (Å²) in [6.45, 7) is 31.9. The minimum absolute atomic E-state index is 0.00118. The minimum Gasteiger partial charge on any atom is -0.468 e. The van der Waals surface area contributed by atoms with Crippen molar-refractivity contribution in [3.8, 4) is 0 Å². The molecule has 0 fully saturated rings. The number of hydrogen-bond acceptors (Lipinski definition) is 4. The lowest BCUT2D eigenvalue weighted by molar-refractivity contribution is 0.590. The molecule has 1 aromatic heterocycles. The zero-order valence-electron chi connectivity index (χ0n) is 42.2. The Morgan fingerprint density at radius 1 is 0.448 bits per heavy atom. The maximum Gasteiger partial charge on any atom is 0.297 e. The van der Waals surface area contributed by atoms with Crippen molar-refractivity contribution >= 4 is 85.5 Å². The van der Waals surface area contributed by atoms with E-state index in [1.54, 1.807) is 0 Å². The Labute approximate surface area is 400 Å². The van der Waals surface area contributed by atoms with E-state index in [1.165, 1.54) is 50.0 Å². The fourth-order valence-electron chi connectivity index (χ4n) is 10.3. The zero-order chi connectivity index (χ0) is 47.5. The van der Waals surface area contributed by atoms with Crippen LogP contribution >= 0.6 is 0 Å². The fourth-order valence-corrected chi connectivity index (χ4v) is 10.3. The van der Waals surface area contributed by atoms with E-state index in [0.29, 0.717) is 0 Å². The topological polar surface area (TPSA) is 22.9 Å². The summed E-state index contributed by atoms with van der Waals surface area (Å²) in [4.78, 5) is 7.55. The van der Waals surface area contributed by atoms with Gasteiger partial charge in [-0.2, -0.15) is 0 Å². The molecule has 3 heterocycles. The molecule has 4 nitrogen and oxygen atoms in total. The van der Waals surface area contributed by atoms with Crippen LogP contribution in [0.25, 0.3) is 11.0 Å². The molecule has 0 saturated heterocycles. The Morgan fingerprint density at radius 2 is 0.896 bits per heavy atom. The Kier molecular flexibility index (Phi) is 10.3. The van der Waals surface area contributed by atoms with Gasteiger partial charge in [-0.05, 0) is 147 Å². The van der Waals surface area contributed by atoms with Gasteiger partial charge in [-0.1, -0.05) is 162 Å². The average Bonchev–Trinajstić information content (AvgIpc) is 3.65. The summed E-state index contributed by atoms with van der Waals surface area (Å²) in [7, 11) is 0. The van der Waals surface area contributed by atoms with Crippen LogP contribution < -0.4 is 31.3 Å². The van der Waals surface area contributed by atoms with Gasteiger partial charge in [0.1, 0.15) is 5.58 Å². The van der Waals surface area contributed by atoms with Crippen molar-refractivity contribution in [2.45, 2.75) is 119 Å². The quantitative estimate of drug-likeness (QED) is 0.161. The molecule has 0 spiro atoms. The highest BCUT2D eigenvalue weighted by Gasteiger charge is 2.48. The van der Waals surface area contributed by atoms with Crippen molar-refractivity contribution in [2.24, 2.45) is 0 Å². The molecule has 67 heavy (non-hydrogen) atoms. The van der Waals surface area contributed by atoms with Crippen molar-refractivity contribution in [1.29, 1.82) is 0 Å². The molecule has 2 aliphatic heterocycles. The van der Waals surface area contributed by atoms with Crippen LogP contribution in [0.2, 0.25) is 0 Å². The first-order chi connectivity index (χ1) is 31.6. The molecule has 0 aliphatic carbocycles. The van der Waals surface area contributed by atoms with Gasteiger partial charge in [0.05, 0.1) is 17.0 Å². The number of aryl methyl sites for hydroxylation is 2. The first kappa shape index (κ1) is 44.4. The van der Waals surface area contributed by atoms with E-state index in [4.69, 9.17) is 4.42 Å². The Bertz CT molecular complexity index is 3160. The molecule has 0 saturated carbocycles. The third-order valence-corrected chi connectivity index (χ3v) is 14.3. The number of furan rings is 1. The van der Waals surface area contributed by atoms with E-state index < -0.39 is 0 Å². The van der Waals surface area contributed by atoms with Crippen molar-refractivity contribution in [3.63, 3.8) is 0 Å². The molecule has 10 rings (SSSR count). The highest BCUT2D eigenvalue weighted by atomic mass is 16.3. The third kappa shape index (κ3) is 7.56. The average molecular weight is 880 g/mol. The molecule has 5 heteroatoms. The van der Waals surface area contributed by atoms with Gasteiger partial charge in [-0.25, -0.2) is 0 Å². The van der Waals surface area contributed by atoms with Crippen LogP contribution in [0, 0.1) is 13.8 Å². The highest BCUT2D eigenvalue weighted by Crippen LogP contribution is 2.51. The fraction of sp³-hybridized carbons (Fsp3) is 0.290. The van der Waals surface area contributed by atoms with Crippen LogP contribution in [0.1, 0.15) is 116 Å². The summed E-state index contributed by atoms with van der Waals surface area (Å²) in [5.74, 6) is 0. The molecule has 2 aliphatic rings. The van der Waals surface area contributed by atoms with Crippen molar-refractivity contribution in [2.75, 3.05) is 14.7 Å². The molecule has 0 radical (unpaired) electrons. The van der Waals surface area contributed by atoms with E-state index in [9.17, 15) is 0 Å². The van der Waals surface area contributed by atoms with Crippen molar-refractivity contribution in [1.82, 2.24) is 0 Å². The zero-order valence-corrected chi connectivity index (χ0v) is 42.2. The Morgan fingerprint density at radius 3 is 1.40 bits per heavy atom. The van der Waals surface area contributed by atoms with Crippen LogP contribution in [0.3, 0.4) is 0 Å². The van der Waals surface area contributed by atoms with Gasteiger partial charge >= 0.3 is 0 Å². The number of benzene rings is 7. The molecule has 0 amide bonds. The second kappa shape index (κ2) is 15.6. The predicted molar refractivity (Wildman–Crippen MR) is 289 cm³/mol. The van der Waals surface area contributed by atoms with Crippen LogP contribution in [-0.2, 0) is 21.7 Å². The maximum atomic E-state index is 7.39. The third-order valence-electron chi connectivity index (χ3n) is 14.3. The van der Waals surface area contributed by atoms with E-state index in [2.05, 4.69) is 257 Å². The Balaban J connectivity index is 1.38. The number of anilines is 9. The molecule has 0 unspecified atom stereocenters. The first-order valence-electron chi connectivity index (χ1n) is 24.2. The highest BCUT2D eigenvalue weighted by molar-refractivity contribution is 7.00. The summed E-state index contributed by atoms with van der Waals surface area (Å²) in [6.07, 6.45) is 0. The van der Waals surface area contributed by atoms with Gasteiger partial charge in [-0.15, -0.1) is 0 Å². The number of fused-ring (bicyclic) bond motifs is 6. The summed E-state index contributed by atoms with van der Waals surface area (Å²) < 4.78 is 7.39. The van der Waals surface area contributed by atoms with Gasteiger partial charge in [0, 0.05) is 45.2 Å². The predicted octanol–water partition coefficient (Wildman–Crippen LogP) is 15.8. The number of para-hydroxylation sites is 2. The largest absolute Gasteiger partial charge is 0.468 e. The molecule has 338 valence electrons. The standard InChI is InChI=1S/C62H66BN3O/c1-39-19-15-17-21-50(39)65(51-22-18-16-20-40(51)2)47-37-53-56-54(38-47)66(46-31-25-42(26-32-46)60(6,7)8)57-48-35-43(61(9,10)11)28-34-55(48)67-58(57)63(56)49-36-44(62(12,13)14)27-33-52(49)64(53)45-29-23-41(24-30-45)59(3,4)5/h15-38H,1-14H3. The normalized spacial score (nSPS) is 13.7. The Hall–Kier alpha value is -6.46. The molecule has 0 N–H and O–H groups in total. The second-order valence-corrected chi connectivity index (χ2v) is 23.3. The number of hydrogen-bond donors (Lipinski definition) is 0. The van der Waals surface area contributed by atoms with Crippen LogP contribution in [-0.4, -0.2) is 6.71 Å². The van der Waals surface area contributed by atoms with Crippen molar-refractivity contribution < 1.29 is 4.42 Å². The lowest BCUT2D eigenvalue weighted by Crippen LogP contribution is -2.61. The molecular weight excluding hydrogens is 814 g/mol. The minimum atomic E-state index is -0.183. The lowest BCUT2D eigenvalue weighted by atomic mass is 9.35. The monoisotopic (exact) mass is 880 g/mol. The van der Waals surface area contributed by atoms with E-state index in [1.807, 2.05) is 0 Å². The second-order valence-electron chi connectivity index (χ2n) is 23.3. The summed E-state index contributed by atoms with van der Waals surface area (Å²) >= 11 is 0. The molecule has 7 aromatic carbocycles. The van der Waals surface area contributed by atoms with E-state index in [-0.39, 0.29) is 28.4 Å². The molecule has 8 aromatic rings. The van der Waals surface area contributed by atoms with Crippen LogP contribution in [0.4, 0.5) is 51.2 Å². The summed E-state index contributed by atoms with van der Waals surface area (Å²) in [6, 6.07) is 55.2. The van der Waals surface area contributed by atoms with Gasteiger partial charge in [0.25, 0.3) is 6.71 Å². The van der Waals surface area contributed by atoms with Crippen LogP contribution in [0.15, 0.2) is 150 Å². The van der Waals surface area contributed by atoms with Gasteiger partial charge in [0.2, 0.25) is 0 Å². The molecule has 0 atom stereocenters. The van der Waals surface area contributed by atoms with Crippen LogP contribution in [0.5, 0.6) is 0 Å². The number of nitrogens with zero attached hydrogens (tertiary/aromatic N) is 3. The van der Waals surface area contributed by atoms with Gasteiger partial charge in [-0.3, -0.25) is 0 Å². The smallest absolute Gasteiger partial charge is 0.297 e. The SMILES string of the molecule is Cc1ccccc1N(c1cc2c3c(c1)N(c1ccc(C(C)(C)C)cc1)c1c(oc4ccc(C(C)(C)C)cc14)B3c1cc(C(C)(C)C)ccc1N2c1ccc(C(C)(C)C)cc1)c1ccccc1C. The van der Waals surface area contributed by atoms with Crippen molar-refractivity contribution in [3.05, 3.63) is 179 Å². The maximum absolute atomic E-state index is 7.39. The van der Waals surface area contributed by atoms with Gasteiger partial charge < -0.3 is 19.1 Å². The number of rotatable bonds is 5. The lowest BCUT2D eigenvalue weighted by Gasteiger charge is -2.44. The first-order valence-corrected chi connectivity index (χ1v) is 24.2. The van der Waals surface area contributed by atoms with E-state index >= 15 is 0 Å².